The summed E-state index contributed by atoms with van der Waals surface area (Å²) in [5, 5.41) is 22.8. The summed E-state index contributed by atoms with van der Waals surface area (Å²) in [6.45, 7) is 6.74. The Balaban J connectivity index is 0.879. The van der Waals surface area contributed by atoms with Gasteiger partial charge in [0.2, 0.25) is 0 Å². The number of amides is 1. The predicted octanol–water partition coefficient (Wildman–Crippen LogP) is 6.50. The number of halogens is 3. The zero-order valence-electron chi connectivity index (χ0n) is 34.9. The van der Waals surface area contributed by atoms with Crippen molar-refractivity contribution in [1.29, 1.82) is 10.0 Å². The molecule has 1 unspecified atom stereocenters. The van der Waals surface area contributed by atoms with E-state index in [0.717, 1.165) is 86.9 Å². The Morgan fingerprint density at radius 2 is 1.81 bits per heavy atom. The first-order valence-electron chi connectivity index (χ1n) is 20.4. The summed E-state index contributed by atoms with van der Waals surface area (Å²) in [5.74, 6) is -0.587. The molecular formula is C43H48F3N9O6S2. The Bertz CT molecular complexity index is 2770. The van der Waals surface area contributed by atoms with E-state index in [0.29, 0.717) is 42.8 Å². The fourth-order valence-electron chi connectivity index (χ4n) is 7.91. The quantitative estimate of drug-likeness (QED) is 0.0781. The third kappa shape index (κ3) is 9.96. The van der Waals surface area contributed by atoms with Gasteiger partial charge in [-0.25, -0.2) is 27.6 Å². The summed E-state index contributed by atoms with van der Waals surface area (Å²) in [6, 6.07) is 15.3. The summed E-state index contributed by atoms with van der Waals surface area (Å²) in [5.41, 5.74) is -2.64. The SMILES string of the molecule is C[C@@H]1CN(CCCCCOc2ccc(S(=O)(=O)C[C@](C)(O)C(=O)Nc3ccc(C#N)c(C(F)(F)F)c3)cc2)CCN1c1cc(C2(S(C)(=N)=O)CC2)nc(-c2ccnc3[nH]ccc23)n1. The van der Waals surface area contributed by atoms with Crippen LogP contribution in [-0.2, 0) is 35.3 Å². The fourth-order valence-corrected chi connectivity index (χ4v) is 10.9. The molecule has 2 aliphatic rings. The summed E-state index contributed by atoms with van der Waals surface area (Å²) in [6.07, 6.45) is 4.02. The van der Waals surface area contributed by atoms with Gasteiger partial charge in [-0.1, -0.05) is 0 Å². The molecule has 63 heavy (non-hydrogen) atoms. The Labute approximate surface area is 363 Å². The van der Waals surface area contributed by atoms with Gasteiger partial charge in [0.15, 0.2) is 21.3 Å². The Morgan fingerprint density at radius 1 is 1.06 bits per heavy atom. The van der Waals surface area contributed by atoms with Gasteiger partial charge in [0, 0.05) is 67.0 Å². The number of nitrogens with zero attached hydrogens (tertiary/aromatic N) is 6. The van der Waals surface area contributed by atoms with Gasteiger partial charge in [0.1, 0.15) is 17.2 Å². The van der Waals surface area contributed by atoms with E-state index in [1.165, 1.54) is 36.6 Å². The van der Waals surface area contributed by atoms with Gasteiger partial charge in [0.05, 0.1) is 54.6 Å². The van der Waals surface area contributed by atoms with Gasteiger partial charge in [-0.15, -0.1) is 0 Å². The number of aliphatic hydroxyl groups is 1. The molecule has 0 spiro atoms. The number of aromatic nitrogens is 4. The number of sulfone groups is 1. The number of piperazine rings is 1. The van der Waals surface area contributed by atoms with Crippen molar-refractivity contribution in [2.45, 2.75) is 73.4 Å². The minimum atomic E-state index is -4.88. The molecule has 1 aliphatic carbocycles. The monoisotopic (exact) mass is 907 g/mol. The van der Waals surface area contributed by atoms with Crippen LogP contribution in [0.3, 0.4) is 0 Å². The molecule has 15 nitrogen and oxygen atoms in total. The van der Waals surface area contributed by atoms with Gasteiger partial charge in [-0.2, -0.15) is 18.4 Å². The second kappa shape index (κ2) is 17.5. The first-order chi connectivity index (χ1) is 29.7. The normalized spacial score (nSPS) is 18.6. The number of pyridine rings is 1. The highest BCUT2D eigenvalue weighted by Crippen LogP contribution is 2.53. The lowest BCUT2D eigenvalue weighted by molar-refractivity contribution is -0.137. The number of benzene rings is 2. The van der Waals surface area contributed by atoms with Gasteiger partial charge >= 0.3 is 6.18 Å². The number of aromatic amines is 1. The van der Waals surface area contributed by atoms with Crippen LogP contribution in [0.25, 0.3) is 22.4 Å². The van der Waals surface area contributed by atoms with Crippen molar-refractivity contribution in [3.63, 3.8) is 0 Å². The number of nitriles is 1. The van der Waals surface area contributed by atoms with Crippen LogP contribution in [0, 0.1) is 16.1 Å². The van der Waals surface area contributed by atoms with Gasteiger partial charge < -0.3 is 25.0 Å². The van der Waals surface area contributed by atoms with Crippen LogP contribution in [0.15, 0.2) is 78.0 Å². The molecule has 2 aromatic carbocycles. The molecule has 1 amide bonds. The molecular weight excluding hydrogens is 860 g/mol. The number of hydrogen-bond acceptors (Lipinski definition) is 13. The molecule has 0 radical (unpaired) electrons. The largest absolute Gasteiger partial charge is 0.494 e. The molecule has 0 bridgehead atoms. The Hall–Kier alpha value is -5.62. The van der Waals surface area contributed by atoms with Crippen LogP contribution in [0.1, 0.15) is 62.8 Å². The van der Waals surface area contributed by atoms with E-state index in [2.05, 4.69) is 32.0 Å². The zero-order valence-corrected chi connectivity index (χ0v) is 36.5. The molecule has 1 aliphatic heterocycles. The van der Waals surface area contributed by atoms with E-state index in [1.54, 1.807) is 6.20 Å². The highest BCUT2D eigenvalue weighted by atomic mass is 32.2. The van der Waals surface area contributed by atoms with E-state index in [1.807, 2.05) is 24.4 Å². The number of H-pyrrole nitrogens is 1. The molecule has 1 saturated carbocycles. The number of fused-ring (bicyclic) bond motifs is 1. The highest BCUT2D eigenvalue weighted by Gasteiger charge is 2.53. The zero-order chi connectivity index (χ0) is 45.4. The van der Waals surface area contributed by atoms with Gasteiger partial charge in [-0.3, -0.25) is 14.5 Å². The lowest BCUT2D eigenvalue weighted by Gasteiger charge is -2.41. The molecule has 2 fully saturated rings. The molecule has 7 rings (SSSR count). The number of carbonyl (C=O) groups excluding carboxylic acids is 1. The molecule has 1 saturated heterocycles. The molecule has 20 heteroatoms. The van der Waals surface area contributed by atoms with Crippen LogP contribution in [0.2, 0.25) is 0 Å². The first-order valence-corrected chi connectivity index (χ1v) is 24.0. The van der Waals surface area contributed by atoms with Crippen LogP contribution < -0.4 is 15.0 Å². The molecule has 3 aromatic heterocycles. The predicted molar refractivity (Wildman–Crippen MR) is 231 cm³/mol. The van der Waals surface area contributed by atoms with Gasteiger partial charge in [-0.05, 0) is 107 Å². The van der Waals surface area contributed by atoms with E-state index in [-0.39, 0.29) is 16.6 Å². The average molecular weight is 908 g/mol. The summed E-state index contributed by atoms with van der Waals surface area (Å²) >= 11 is 0. The second-order valence-corrected chi connectivity index (χ2v) is 20.9. The molecule has 4 N–H and O–H groups in total. The topological polar surface area (TPSA) is 218 Å². The van der Waals surface area contributed by atoms with Crippen LogP contribution in [0.5, 0.6) is 5.75 Å². The number of carbonyl (C=O) groups is 1. The summed E-state index contributed by atoms with van der Waals surface area (Å²) in [7, 11) is -7.15. The number of unbranched alkanes of at least 4 members (excludes halogenated alkanes) is 2. The van der Waals surface area contributed by atoms with Crippen molar-refractivity contribution in [3.8, 4) is 23.2 Å². The number of rotatable bonds is 16. The maximum absolute atomic E-state index is 13.4. The van der Waals surface area contributed by atoms with E-state index < -0.39 is 58.9 Å². The minimum Gasteiger partial charge on any atom is -0.494 e. The maximum atomic E-state index is 13.4. The van der Waals surface area contributed by atoms with E-state index in [4.69, 9.17) is 24.7 Å². The standard InChI is InChI=1S/C43H48F3N9O6S2/c1-28-26-54(20-21-55(28)37-24-36(42(15-16-42)62(3,48)58)52-39(53-37)34-14-18-50-38-33(34)13-17-49-38)19-5-4-6-22-61-31-9-11-32(12-10-31)63(59,60)27-41(2,57)40(56)51-30-8-7-29(25-47)35(23-30)43(44,45)46/h7-14,17-18,23-24,28,48,57H,4-6,15-16,19-22,26-27H2,1-3H3,(H,49,50)(H,51,56)/t28-,41+,62?/m1/s1. The third-order valence-corrected chi connectivity index (χ3v) is 15.6. The first kappa shape index (κ1) is 45.4. The minimum absolute atomic E-state index is 0.124. The molecule has 334 valence electrons. The summed E-state index contributed by atoms with van der Waals surface area (Å²) in [4.78, 5) is 34.8. The number of ether oxygens (including phenoxy) is 1. The average Bonchev–Trinajstić information content (AvgIpc) is 3.92. The van der Waals surface area contributed by atoms with Crippen LogP contribution in [0.4, 0.5) is 24.7 Å². The summed E-state index contributed by atoms with van der Waals surface area (Å²) < 4.78 is 93.2. The Morgan fingerprint density at radius 3 is 2.48 bits per heavy atom. The Kier molecular flexibility index (Phi) is 12.6. The smallest absolute Gasteiger partial charge is 0.417 e. The van der Waals surface area contributed by atoms with Crippen molar-refractivity contribution in [2.24, 2.45) is 0 Å². The number of alkyl halides is 3. The van der Waals surface area contributed by atoms with Crippen molar-refractivity contribution in [2.75, 3.05) is 55.0 Å². The fraction of sp³-hybridized carbons (Fsp3) is 0.419. The van der Waals surface area contributed by atoms with E-state index in [9.17, 15) is 35.7 Å². The molecule has 4 heterocycles. The van der Waals surface area contributed by atoms with Crippen molar-refractivity contribution in [1.82, 2.24) is 24.8 Å². The third-order valence-electron chi connectivity index (χ3n) is 11.6. The van der Waals surface area contributed by atoms with Crippen molar-refractivity contribution < 1.29 is 40.4 Å². The maximum Gasteiger partial charge on any atom is 0.417 e. The van der Waals surface area contributed by atoms with Crippen molar-refractivity contribution >= 4 is 48.0 Å². The number of anilines is 2. The second-order valence-electron chi connectivity index (χ2n) is 16.5. The molecule has 5 aromatic rings. The van der Waals surface area contributed by atoms with E-state index >= 15 is 0 Å². The van der Waals surface area contributed by atoms with Crippen LogP contribution in [-0.4, -0.2) is 105 Å². The van der Waals surface area contributed by atoms with Crippen LogP contribution >= 0.6 is 0 Å². The lowest BCUT2D eigenvalue weighted by Crippen LogP contribution is -2.52. The number of nitrogens with one attached hydrogen (secondary N) is 3. The highest BCUT2D eigenvalue weighted by molar-refractivity contribution is 7.93. The lowest BCUT2D eigenvalue weighted by atomic mass is 10.1. The molecule has 3 atom stereocenters. The number of hydrogen-bond donors (Lipinski definition) is 4. The van der Waals surface area contributed by atoms with Crippen molar-refractivity contribution in [3.05, 3.63) is 89.9 Å². The van der Waals surface area contributed by atoms with Gasteiger partial charge in [0.25, 0.3) is 5.91 Å².